The van der Waals surface area contributed by atoms with Crippen molar-refractivity contribution in [3.8, 4) is 0 Å². The average molecular weight is 730 g/mol. The van der Waals surface area contributed by atoms with E-state index in [0.717, 1.165) is 58.3 Å². The number of amides is 2. The van der Waals surface area contributed by atoms with E-state index in [1.807, 2.05) is 6.92 Å². The number of hydrogen-bond donors (Lipinski definition) is 1. The van der Waals surface area contributed by atoms with Crippen LogP contribution in [-0.2, 0) is 22.7 Å². The molecule has 1 aromatic heterocycles. The quantitative estimate of drug-likeness (QED) is 0.0542. The van der Waals surface area contributed by atoms with Crippen LogP contribution in [0.2, 0.25) is 0 Å². The molecule has 0 aliphatic rings. The number of rotatable bonds is 39. The lowest BCUT2D eigenvalue weighted by Gasteiger charge is -2.26. The maximum atomic E-state index is 13.6. The molecule has 0 radical (unpaired) electrons. The van der Waals surface area contributed by atoms with E-state index in [0.29, 0.717) is 6.42 Å². The van der Waals surface area contributed by atoms with Gasteiger partial charge in [0, 0.05) is 19.5 Å². The Hall–Kier alpha value is -1.85. The number of aromatic nitrogens is 2. The summed E-state index contributed by atoms with van der Waals surface area (Å²) in [5.41, 5.74) is 0. The molecule has 6 heteroatoms. The lowest BCUT2D eigenvalue weighted by molar-refractivity contribution is -0.696. The predicted molar refractivity (Wildman–Crippen MR) is 224 cm³/mol. The van der Waals surface area contributed by atoms with Gasteiger partial charge in [-0.25, -0.2) is 9.13 Å². The first kappa shape index (κ1) is 48.2. The second-order valence-corrected chi connectivity index (χ2v) is 16.1. The van der Waals surface area contributed by atoms with Crippen molar-refractivity contribution < 1.29 is 14.2 Å². The minimum absolute atomic E-state index is 0.0126. The molecule has 2 amide bonds. The molecular weight excluding hydrogens is 641 g/mol. The summed E-state index contributed by atoms with van der Waals surface area (Å²) in [5.74, 6) is 0.119. The SMILES string of the molecule is CCCCCCCCCCCCCCCCN(CCCCCCCCCCCCCCCC)C(=O)C(C)NC(=O)CCCCC[n+]1ccn(CC)c1. The number of unbranched alkanes of at least 4 members (excludes halogenated alkanes) is 28. The molecule has 1 rings (SSSR count). The number of imidazole rings is 1. The zero-order valence-corrected chi connectivity index (χ0v) is 35.4. The van der Waals surface area contributed by atoms with Gasteiger partial charge in [-0.15, -0.1) is 0 Å². The Labute approximate surface area is 324 Å². The monoisotopic (exact) mass is 730 g/mol. The Morgan fingerprint density at radius 2 is 0.942 bits per heavy atom. The summed E-state index contributed by atoms with van der Waals surface area (Å²) in [6.45, 7) is 12.2. The van der Waals surface area contributed by atoms with Crippen LogP contribution in [0.1, 0.15) is 233 Å². The third-order valence-electron chi connectivity index (χ3n) is 11.1. The van der Waals surface area contributed by atoms with Crippen LogP contribution >= 0.6 is 0 Å². The second-order valence-electron chi connectivity index (χ2n) is 16.1. The molecule has 1 aromatic rings. The summed E-state index contributed by atoms with van der Waals surface area (Å²) in [4.78, 5) is 28.4. The molecule has 0 fully saturated rings. The molecule has 0 bridgehead atoms. The minimum Gasteiger partial charge on any atom is -0.345 e. The smallest absolute Gasteiger partial charge is 0.244 e. The largest absolute Gasteiger partial charge is 0.345 e. The van der Waals surface area contributed by atoms with Gasteiger partial charge in [0.1, 0.15) is 18.4 Å². The Morgan fingerprint density at radius 3 is 1.33 bits per heavy atom. The Morgan fingerprint density at radius 1 is 0.558 bits per heavy atom. The minimum atomic E-state index is -0.449. The number of aryl methyl sites for hydroxylation is 2. The summed E-state index contributed by atoms with van der Waals surface area (Å²) >= 11 is 0. The van der Waals surface area contributed by atoms with E-state index >= 15 is 0 Å². The molecule has 1 atom stereocenters. The van der Waals surface area contributed by atoms with Crippen molar-refractivity contribution in [1.82, 2.24) is 14.8 Å². The standard InChI is InChI=1S/C46H88N4O2/c1-5-8-10-12-14-16-18-20-22-24-26-28-30-35-39-50(40-36-31-29-27-25-23-21-19-17-15-13-11-9-6-2)46(52)44(4)47-45(51)37-33-32-34-38-49-42-41-48(7-3)43-49/h41-44H,5-40H2,1-4H3/p+1. The van der Waals surface area contributed by atoms with Gasteiger partial charge in [0.2, 0.25) is 18.1 Å². The maximum Gasteiger partial charge on any atom is 0.244 e. The summed E-state index contributed by atoms with van der Waals surface area (Å²) < 4.78 is 4.39. The molecule has 304 valence electrons. The fourth-order valence-electron chi connectivity index (χ4n) is 7.49. The van der Waals surface area contributed by atoms with Crippen LogP contribution in [0.4, 0.5) is 0 Å². The average Bonchev–Trinajstić information content (AvgIpc) is 3.61. The van der Waals surface area contributed by atoms with Crippen molar-refractivity contribution >= 4 is 11.8 Å². The highest BCUT2D eigenvalue weighted by Crippen LogP contribution is 2.15. The van der Waals surface area contributed by atoms with Crippen LogP contribution in [0.25, 0.3) is 0 Å². The van der Waals surface area contributed by atoms with E-state index in [2.05, 4.69) is 58.8 Å². The molecular formula is C46H89N4O2+. The van der Waals surface area contributed by atoms with Gasteiger partial charge in [-0.05, 0) is 46.0 Å². The van der Waals surface area contributed by atoms with Crippen LogP contribution in [-0.4, -0.2) is 40.4 Å². The molecule has 1 N–H and O–H groups in total. The predicted octanol–water partition coefficient (Wildman–Crippen LogP) is 12.7. The molecule has 0 aliphatic carbocycles. The molecule has 6 nitrogen and oxygen atoms in total. The highest BCUT2D eigenvalue weighted by molar-refractivity contribution is 5.87. The molecule has 1 unspecified atom stereocenters. The van der Waals surface area contributed by atoms with Crippen LogP contribution in [0, 0.1) is 0 Å². The van der Waals surface area contributed by atoms with E-state index in [-0.39, 0.29) is 11.8 Å². The summed E-state index contributed by atoms with van der Waals surface area (Å²) in [6.07, 6.45) is 47.4. The Balaban J connectivity index is 2.31. The van der Waals surface area contributed by atoms with Gasteiger partial charge in [-0.3, -0.25) is 9.59 Å². The van der Waals surface area contributed by atoms with Gasteiger partial charge in [0.15, 0.2) is 0 Å². The molecule has 0 aromatic carbocycles. The molecule has 52 heavy (non-hydrogen) atoms. The Kier molecular flexibility index (Phi) is 33.5. The number of carbonyl (C=O) groups excluding carboxylic acids is 2. The summed E-state index contributed by atoms with van der Waals surface area (Å²) in [5, 5.41) is 3.04. The van der Waals surface area contributed by atoms with E-state index in [4.69, 9.17) is 0 Å². The maximum absolute atomic E-state index is 13.6. The zero-order chi connectivity index (χ0) is 37.7. The highest BCUT2D eigenvalue weighted by atomic mass is 16.2. The van der Waals surface area contributed by atoms with Crippen LogP contribution in [0.3, 0.4) is 0 Å². The highest BCUT2D eigenvalue weighted by Gasteiger charge is 2.21. The van der Waals surface area contributed by atoms with E-state index in [1.165, 1.54) is 167 Å². The number of hydrogen-bond acceptors (Lipinski definition) is 2. The number of carbonyl (C=O) groups is 2. The fraction of sp³-hybridized carbons (Fsp3) is 0.891. The van der Waals surface area contributed by atoms with Gasteiger partial charge in [-0.2, -0.15) is 0 Å². The van der Waals surface area contributed by atoms with Crippen molar-refractivity contribution in [3.05, 3.63) is 18.7 Å². The molecule has 0 aliphatic heterocycles. The van der Waals surface area contributed by atoms with Crippen LogP contribution in [0.5, 0.6) is 0 Å². The first-order chi connectivity index (χ1) is 25.5. The first-order valence-electron chi connectivity index (χ1n) is 23.1. The van der Waals surface area contributed by atoms with E-state index in [9.17, 15) is 9.59 Å². The topological polar surface area (TPSA) is 58.2 Å². The van der Waals surface area contributed by atoms with Gasteiger partial charge >= 0.3 is 0 Å². The van der Waals surface area contributed by atoms with E-state index < -0.39 is 6.04 Å². The van der Waals surface area contributed by atoms with Crippen molar-refractivity contribution in [2.45, 2.75) is 252 Å². The van der Waals surface area contributed by atoms with Crippen molar-refractivity contribution in [3.63, 3.8) is 0 Å². The molecule has 0 saturated heterocycles. The number of nitrogens with zero attached hydrogens (tertiary/aromatic N) is 3. The van der Waals surface area contributed by atoms with Crippen molar-refractivity contribution in [2.75, 3.05) is 13.1 Å². The summed E-state index contributed by atoms with van der Waals surface area (Å²) in [7, 11) is 0. The lowest BCUT2D eigenvalue weighted by Crippen LogP contribution is -2.47. The third-order valence-corrected chi connectivity index (χ3v) is 11.1. The fourth-order valence-corrected chi connectivity index (χ4v) is 7.49. The van der Waals surface area contributed by atoms with Gasteiger partial charge < -0.3 is 10.2 Å². The summed E-state index contributed by atoms with van der Waals surface area (Å²) in [6, 6.07) is -0.449. The normalized spacial score (nSPS) is 12.0. The van der Waals surface area contributed by atoms with Gasteiger partial charge in [-0.1, -0.05) is 181 Å². The number of nitrogens with one attached hydrogen (secondary N) is 1. The molecule has 0 saturated carbocycles. The van der Waals surface area contributed by atoms with Crippen molar-refractivity contribution in [2.24, 2.45) is 0 Å². The van der Waals surface area contributed by atoms with E-state index in [1.54, 1.807) is 0 Å². The van der Waals surface area contributed by atoms with Gasteiger partial charge in [0.05, 0.1) is 13.1 Å². The second kappa shape index (κ2) is 36.1. The molecule has 1 heterocycles. The van der Waals surface area contributed by atoms with Gasteiger partial charge in [0.25, 0.3) is 0 Å². The zero-order valence-electron chi connectivity index (χ0n) is 35.4. The first-order valence-corrected chi connectivity index (χ1v) is 23.1. The van der Waals surface area contributed by atoms with Crippen molar-refractivity contribution in [1.29, 1.82) is 0 Å². The van der Waals surface area contributed by atoms with Crippen LogP contribution in [0.15, 0.2) is 18.7 Å². The third kappa shape index (κ3) is 28.6. The van der Waals surface area contributed by atoms with Crippen LogP contribution < -0.4 is 9.88 Å². The Bertz CT molecular complexity index is 899. The molecule has 0 spiro atoms. The lowest BCUT2D eigenvalue weighted by atomic mass is 10.0.